The van der Waals surface area contributed by atoms with E-state index in [9.17, 15) is 9.90 Å². The average Bonchev–Trinajstić information content (AvgIpc) is 2.23. The molecule has 1 aromatic heterocycles. The zero-order chi connectivity index (χ0) is 13.9. The monoisotopic (exact) mass is 253 g/mol. The molecule has 0 amide bonds. The maximum Gasteiger partial charge on any atom is 0.252 e. The lowest BCUT2D eigenvalue weighted by atomic mass is 10.1. The molecule has 0 atom stereocenters. The predicted octanol–water partition coefficient (Wildman–Crippen LogP) is 1.49. The van der Waals surface area contributed by atoms with E-state index in [2.05, 4.69) is 9.97 Å². The number of aliphatic hydroxyl groups is 1. The van der Waals surface area contributed by atoms with Crippen LogP contribution in [0.1, 0.15) is 46.4 Å². The van der Waals surface area contributed by atoms with Crippen LogP contribution in [0.25, 0.3) is 0 Å². The van der Waals surface area contributed by atoms with Crippen LogP contribution < -0.4 is 10.5 Å². The molecule has 0 unspecified atom stereocenters. The standard InChI is InChI=1S/C13H23N3O2/c1-6-16(8-13(4,5)18)10-7-11(17)15-12(14-10)9(2)3/h7,9,18H,6,8H2,1-5H3,(H,14,15,17). The zero-order valence-electron chi connectivity index (χ0n) is 11.8. The Bertz CT molecular complexity index is 446. The highest BCUT2D eigenvalue weighted by molar-refractivity contribution is 5.38. The van der Waals surface area contributed by atoms with Gasteiger partial charge in [0.05, 0.1) is 5.60 Å². The Labute approximate surface area is 108 Å². The van der Waals surface area contributed by atoms with Crippen LogP contribution in [0.15, 0.2) is 10.9 Å². The van der Waals surface area contributed by atoms with Gasteiger partial charge in [-0.2, -0.15) is 0 Å². The van der Waals surface area contributed by atoms with Gasteiger partial charge in [-0.05, 0) is 20.8 Å². The number of rotatable bonds is 5. The normalized spacial score (nSPS) is 11.9. The number of hydrogen-bond acceptors (Lipinski definition) is 4. The summed E-state index contributed by atoms with van der Waals surface area (Å²) < 4.78 is 0. The number of hydrogen-bond donors (Lipinski definition) is 2. The van der Waals surface area contributed by atoms with E-state index >= 15 is 0 Å². The molecule has 0 bridgehead atoms. The van der Waals surface area contributed by atoms with Gasteiger partial charge in [0.1, 0.15) is 11.6 Å². The lowest BCUT2D eigenvalue weighted by Gasteiger charge is -2.29. The molecule has 0 spiro atoms. The Balaban J connectivity index is 3.10. The molecule has 0 radical (unpaired) electrons. The fraction of sp³-hybridized carbons (Fsp3) is 0.692. The highest BCUT2D eigenvalue weighted by atomic mass is 16.3. The average molecular weight is 253 g/mol. The van der Waals surface area contributed by atoms with Gasteiger partial charge in [-0.1, -0.05) is 13.8 Å². The molecule has 1 heterocycles. The summed E-state index contributed by atoms with van der Waals surface area (Å²) in [6.45, 7) is 10.6. The van der Waals surface area contributed by atoms with Crippen molar-refractivity contribution in [3.8, 4) is 0 Å². The Hall–Kier alpha value is -1.36. The SMILES string of the molecule is CCN(CC(C)(C)O)c1cc(=O)[nH]c(C(C)C)n1. The van der Waals surface area contributed by atoms with E-state index in [1.807, 2.05) is 25.7 Å². The van der Waals surface area contributed by atoms with Crippen LogP contribution in [0.3, 0.4) is 0 Å². The molecular weight excluding hydrogens is 230 g/mol. The molecule has 0 saturated carbocycles. The van der Waals surface area contributed by atoms with Crippen molar-refractivity contribution in [2.24, 2.45) is 0 Å². The van der Waals surface area contributed by atoms with Gasteiger partial charge in [0, 0.05) is 25.1 Å². The number of nitrogens with zero attached hydrogens (tertiary/aromatic N) is 2. The first-order chi connectivity index (χ1) is 8.23. The minimum atomic E-state index is -0.821. The first-order valence-corrected chi connectivity index (χ1v) is 6.31. The van der Waals surface area contributed by atoms with E-state index in [0.717, 1.165) is 0 Å². The van der Waals surface area contributed by atoms with Gasteiger partial charge in [-0.25, -0.2) is 4.98 Å². The molecule has 18 heavy (non-hydrogen) atoms. The summed E-state index contributed by atoms with van der Waals surface area (Å²) >= 11 is 0. The van der Waals surface area contributed by atoms with Crippen LogP contribution in [0.5, 0.6) is 0 Å². The van der Waals surface area contributed by atoms with Crippen LogP contribution in [0, 0.1) is 0 Å². The van der Waals surface area contributed by atoms with Crippen LogP contribution in [-0.4, -0.2) is 33.8 Å². The topological polar surface area (TPSA) is 69.2 Å². The third-order valence-electron chi connectivity index (χ3n) is 2.58. The zero-order valence-corrected chi connectivity index (χ0v) is 11.8. The number of aromatic amines is 1. The summed E-state index contributed by atoms with van der Waals surface area (Å²) in [6.07, 6.45) is 0. The van der Waals surface area contributed by atoms with Gasteiger partial charge in [0.15, 0.2) is 0 Å². The van der Waals surface area contributed by atoms with Crippen molar-refractivity contribution in [3.63, 3.8) is 0 Å². The molecule has 0 aliphatic heterocycles. The number of aromatic nitrogens is 2. The minimum Gasteiger partial charge on any atom is -0.389 e. The van der Waals surface area contributed by atoms with Crippen molar-refractivity contribution in [2.45, 2.75) is 46.1 Å². The molecule has 102 valence electrons. The summed E-state index contributed by atoms with van der Waals surface area (Å²) in [5, 5.41) is 9.87. The van der Waals surface area contributed by atoms with E-state index in [1.165, 1.54) is 6.07 Å². The van der Waals surface area contributed by atoms with Crippen LogP contribution in [-0.2, 0) is 0 Å². The van der Waals surface area contributed by atoms with E-state index in [4.69, 9.17) is 0 Å². The smallest absolute Gasteiger partial charge is 0.252 e. The second-order valence-corrected chi connectivity index (χ2v) is 5.47. The number of anilines is 1. The second-order valence-electron chi connectivity index (χ2n) is 5.47. The maximum atomic E-state index is 11.6. The van der Waals surface area contributed by atoms with Crippen molar-refractivity contribution in [1.29, 1.82) is 0 Å². The number of likely N-dealkylation sites (N-methyl/N-ethyl adjacent to an activating group) is 1. The van der Waals surface area contributed by atoms with E-state index < -0.39 is 5.60 Å². The molecule has 0 fully saturated rings. The molecule has 5 nitrogen and oxygen atoms in total. The summed E-state index contributed by atoms with van der Waals surface area (Å²) in [6, 6.07) is 1.47. The lowest BCUT2D eigenvalue weighted by Crippen LogP contribution is -2.39. The fourth-order valence-corrected chi connectivity index (χ4v) is 1.72. The summed E-state index contributed by atoms with van der Waals surface area (Å²) in [5.74, 6) is 1.46. The Morgan fingerprint density at radius 1 is 1.50 bits per heavy atom. The van der Waals surface area contributed by atoms with Crippen molar-refractivity contribution >= 4 is 5.82 Å². The Kier molecular flexibility index (Phi) is 4.51. The highest BCUT2D eigenvalue weighted by Crippen LogP contribution is 2.15. The van der Waals surface area contributed by atoms with Crippen molar-refractivity contribution in [1.82, 2.24) is 9.97 Å². The third kappa shape index (κ3) is 4.14. The predicted molar refractivity (Wildman–Crippen MR) is 73.1 cm³/mol. The summed E-state index contributed by atoms with van der Waals surface area (Å²) in [5.41, 5.74) is -0.976. The molecule has 0 saturated heterocycles. The minimum absolute atomic E-state index is 0.155. The Morgan fingerprint density at radius 3 is 2.56 bits per heavy atom. The lowest BCUT2D eigenvalue weighted by molar-refractivity contribution is 0.0874. The van der Waals surface area contributed by atoms with Gasteiger partial charge >= 0.3 is 0 Å². The maximum absolute atomic E-state index is 11.6. The van der Waals surface area contributed by atoms with Gasteiger partial charge in [-0.3, -0.25) is 4.79 Å². The largest absolute Gasteiger partial charge is 0.389 e. The van der Waals surface area contributed by atoms with E-state index in [1.54, 1.807) is 13.8 Å². The highest BCUT2D eigenvalue weighted by Gasteiger charge is 2.19. The van der Waals surface area contributed by atoms with Crippen molar-refractivity contribution < 1.29 is 5.11 Å². The molecule has 1 aromatic rings. The van der Waals surface area contributed by atoms with E-state index in [0.29, 0.717) is 24.7 Å². The van der Waals surface area contributed by atoms with Crippen LogP contribution in [0.2, 0.25) is 0 Å². The number of H-pyrrole nitrogens is 1. The molecule has 0 aliphatic rings. The van der Waals surface area contributed by atoms with Gasteiger partial charge in [-0.15, -0.1) is 0 Å². The van der Waals surface area contributed by atoms with Gasteiger partial charge in [0.2, 0.25) is 0 Å². The van der Waals surface area contributed by atoms with Crippen molar-refractivity contribution in [3.05, 3.63) is 22.2 Å². The molecule has 1 rings (SSSR count). The fourth-order valence-electron chi connectivity index (χ4n) is 1.72. The summed E-state index contributed by atoms with van der Waals surface area (Å²) in [4.78, 5) is 20.7. The van der Waals surface area contributed by atoms with Crippen molar-refractivity contribution in [2.75, 3.05) is 18.0 Å². The van der Waals surface area contributed by atoms with Crippen LogP contribution >= 0.6 is 0 Å². The second kappa shape index (κ2) is 5.52. The Morgan fingerprint density at radius 2 is 2.11 bits per heavy atom. The number of nitrogens with one attached hydrogen (secondary N) is 1. The summed E-state index contributed by atoms with van der Waals surface area (Å²) in [7, 11) is 0. The first kappa shape index (κ1) is 14.7. The third-order valence-corrected chi connectivity index (χ3v) is 2.58. The van der Waals surface area contributed by atoms with Crippen LogP contribution in [0.4, 0.5) is 5.82 Å². The molecule has 0 aromatic carbocycles. The molecule has 0 aliphatic carbocycles. The molecule has 5 heteroatoms. The molecule has 2 N–H and O–H groups in total. The van der Waals surface area contributed by atoms with Gasteiger partial charge in [0.25, 0.3) is 5.56 Å². The van der Waals surface area contributed by atoms with Gasteiger partial charge < -0.3 is 15.0 Å². The van der Waals surface area contributed by atoms with E-state index in [-0.39, 0.29) is 11.5 Å². The first-order valence-electron chi connectivity index (χ1n) is 6.31. The molecular formula is C13H23N3O2. The quantitative estimate of drug-likeness (QED) is 0.834.